The third-order valence-corrected chi connectivity index (χ3v) is 3.88. The van der Waals surface area contributed by atoms with Gasteiger partial charge < -0.3 is 5.32 Å². The first-order valence-corrected chi connectivity index (χ1v) is 8.43. The highest BCUT2D eigenvalue weighted by molar-refractivity contribution is 5.91. The van der Waals surface area contributed by atoms with Gasteiger partial charge in [-0.25, -0.2) is 4.39 Å². The van der Waals surface area contributed by atoms with Crippen LogP contribution in [0.5, 0.6) is 0 Å². The maximum atomic E-state index is 13.6. The van der Waals surface area contributed by atoms with Crippen molar-refractivity contribution in [2.75, 3.05) is 5.32 Å². The summed E-state index contributed by atoms with van der Waals surface area (Å²) < 4.78 is 13.6. The zero-order valence-electron chi connectivity index (χ0n) is 14.2. The third-order valence-electron chi connectivity index (χ3n) is 3.88. The van der Waals surface area contributed by atoms with Crippen molar-refractivity contribution < 1.29 is 9.18 Å². The molecular formula is C22H19FN2O. The summed E-state index contributed by atoms with van der Waals surface area (Å²) in [6.45, 7) is 0. The van der Waals surface area contributed by atoms with Gasteiger partial charge >= 0.3 is 0 Å². The number of carbonyl (C=O) groups is 1. The summed E-state index contributed by atoms with van der Waals surface area (Å²) in [7, 11) is 0. The summed E-state index contributed by atoms with van der Waals surface area (Å²) in [5.74, 6) is -0.416. The Bertz CT molecular complexity index is 907. The molecule has 3 nitrogen and oxygen atoms in total. The van der Waals surface area contributed by atoms with E-state index in [1.165, 1.54) is 6.07 Å². The summed E-state index contributed by atoms with van der Waals surface area (Å²) in [5.41, 5.74) is 3.09. The standard InChI is InChI=1S/C22H19FN2O/c23-21-10-2-1-7-18(21)12-14-22(26)25-20-9-5-6-17(16-20)11-13-19-8-3-4-15-24-19/h1-11,13,15-16H,12,14H2,(H,25,26)/b13-11+. The molecule has 1 aromatic heterocycles. The molecule has 0 fully saturated rings. The van der Waals surface area contributed by atoms with Crippen LogP contribution in [0.25, 0.3) is 12.2 Å². The first kappa shape index (κ1) is 17.5. The number of nitrogens with one attached hydrogen (secondary N) is 1. The van der Waals surface area contributed by atoms with Crippen molar-refractivity contribution in [2.24, 2.45) is 0 Å². The van der Waals surface area contributed by atoms with Gasteiger partial charge in [0.25, 0.3) is 0 Å². The molecule has 26 heavy (non-hydrogen) atoms. The molecule has 1 N–H and O–H groups in total. The van der Waals surface area contributed by atoms with Crippen molar-refractivity contribution in [1.82, 2.24) is 4.98 Å². The fourth-order valence-corrected chi connectivity index (χ4v) is 2.55. The molecule has 0 radical (unpaired) electrons. The van der Waals surface area contributed by atoms with Crippen LogP contribution in [0.3, 0.4) is 0 Å². The molecule has 1 amide bonds. The van der Waals surface area contributed by atoms with Gasteiger partial charge in [0.2, 0.25) is 5.91 Å². The summed E-state index contributed by atoms with van der Waals surface area (Å²) >= 11 is 0. The molecule has 3 aromatic rings. The Kier molecular flexibility index (Phi) is 5.88. The van der Waals surface area contributed by atoms with Crippen LogP contribution in [0.15, 0.2) is 72.9 Å². The monoisotopic (exact) mass is 346 g/mol. The van der Waals surface area contributed by atoms with Crippen LogP contribution in [-0.2, 0) is 11.2 Å². The fourth-order valence-electron chi connectivity index (χ4n) is 2.55. The lowest BCUT2D eigenvalue weighted by Crippen LogP contribution is -2.12. The summed E-state index contributed by atoms with van der Waals surface area (Å²) in [4.78, 5) is 16.4. The maximum absolute atomic E-state index is 13.6. The van der Waals surface area contributed by atoms with E-state index in [2.05, 4.69) is 10.3 Å². The Morgan fingerprint density at radius 2 is 1.85 bits per heavy atom. The van der Waals surface area contributed by atoms with Crippen molar-refractivity contribution >= 4 is 23.7 Å². The van der Waals surface area contributed by atoms with Gasteiger partial charge in [0.05, 0.1) is 5.69 Å². The molecule has 2 aromatic carbocycles. The molecule has 0 atom stereocenters. The lowest BCUT2D eigenvalue weighted by atomic mass is 10.1. The third kappa shape index (κ3) is 5.11. The van der Waals surface area contributed by atoms with Crippen LogP contribution in [0.2, 0.25) is 0 Å². The second kappa shape index (κ2) is 8.72. The number of aryl methyl sites for hydroxylation is 1. The van der Waals surface area contributed by atoms with Gasteiger partial charge in [0.15, 0.2) is 0 Å². The average molecular weight is 346 g/mol. The molecule has 3 rings (SSSR count). The number of benzene rings is 2. The number of rotatable bonds is 6. The number of hydrogen-bond donors (Lipinski definition) is 1. The van der Waals surface area contributed by atoms with Crippen molar-refractivity contribution in [1.29, 1.82) is 0 Å². The Labute approximate surface area is 152 Å². The smallest absolute Gasteiger partial charge is 0.224 e. The summed E-state index contributed by atoms with van der Waals surface area (Å²) in [5, 5.41) is 2.86. The van der Waals surface area contributed by atoms with Crippen LogP contribution in [-0.4, -0.2) is 10.9 Å². The van der Waals surface area contributed by atoms with E-state index in [0.717, 1.165) is 11.3 Å². The molecule has 0 aliphatic rings. The molecule has 0 spiro atoms. The lowest BCUT2D eigenvalue weighted by molar-refractivity contribution is -0.116. The number of nitrogens with zero attached hydrogens (tertiary/aromatic N) is 1. The molecule has 0 aliphatic heterocycles. The van der Waals surface area contributed by atoms with Crippen molar-refractivity contribution in [3.63, 3.8) is 0 Å². The van der Waals surface area contributed by atoms with Crippen molar-refractivity contribution in [3.05, 3.63) is 95.6 Å². The number of halogens is 1. The van der Waals surface area contributed by atoms with Crippen LogP contribution in [0.4, 0.5) is 10.1 Å². The van der Waals surface area contributed by atoms with Gasteiger partial charge in [-0.05, 0) is 54.0 Å². The number of pyridine rings is 1. The highest BCUT2D eigenvalue weighted by Gasteiger charge is 2.06. The maximum Gasteiger partial charge on any atom is 0.224 e. The van der Waals surface area contributed by atoms with Crippen LogP contribution >= 0.6 is 0 Å². The van der Waals surface area contributed by atoms with Gasteiger partial charge in [-0.15, -0.1) is 0 Å². The topological polar surface area (TPSA) is 42.0 Å². The highest BCUT2D eigenvalue weighted by Crippen LogP contribution is 2.15. The Morgan fingerprint density at radius 3 is 2.65 bits per heavy atom. The van der Waals surface area contributed by atoms with E-state index in [0.29, 0.717) is 17.7 Å². The second-order valence-corrected chi connectivity index (χ2v) is 5.85. The van der Waals surface area contributed by atoms with Gasteiger partial charge in [-0.1, -0.05) is 42.5 Å². The zero-order valence-corrected chi connectivity index (χ0v) is 14.2. The molecular weight excluding hydrogens is 327 g/mol. The second-order valence-electron chi connectivity index (χ2n) is 5.85. The van der Waals surface area contributed by atoms with Crippen LogP contribution in [0, 0.1) is 5.82 Å². The molecule has 0 bridgehead atoms. The quantitative estimate of drug-likeness (QED) is 0.685. The lowest BCUT2D eigenvalue weighted by Gasteiger charge is -2.07. The molecule has 4 heteroatoms. The van der Waals surface area contributed by atoms with Gasteiger partial charge in [0, 0.05) is 18.3 Å². The molecule has 130 valence electrons. The van der Waals surface area contributed by atoms with Gasteiger partial charge in [-0.2, -0.15) is 0 Å². The minimum Gasteiger partial charge on any atom is -0.326 e. The van der Waals surface area contributed by atoms with Crippen LogP contribution in [0.1, 0.15) is 23.2 Å². The van der Waals surface area contributed by atoms with E-state index in [4.69, 9.17) is 0 Å². The Morgan fingerprint density at radius 1 is 1.00 bits per heavy atom. The van der Waals surface area contributed by atoms with E-state index in [9.17, 15) is 9.18 Å². The highest BCUT2D eigenvalue weighted by atomic mass is 19.1. The Balaban J connectivity index is 1.59. The van der Waals surface area contributed by atoms with E-state index in [-0.39, 0.29) is 18.1 Å². The number of aromatic nitrogens is 1. The first-order chi connectivity index (χ1) is 12.7. The summed E-state index contributed by atoms with van der Waals surface area (Å²) in [6.07, 6.45) is 6.20. The number of hydrogen-bond acceptors (Lipinski definition) is 2. The normalized spacial score (nSPS) is 10.8. The molecule has 0 saturated heterocycles. The van der Waals surface area contributed by atoms with Crippen molar-refractivity contribution in [3.8, 4) is 0 Å². The number of anilines is 1. The minimum absolute atomic E-state index is 0.140. The first-order valence-electron chi connectivity index (χ1n) is 8.43. The van der Waals surface area contributed by atoms with Crippen molar-refractivity contribution in [2.45, 2.75) is 12.8 Å². The predicted octanol–water partition coefficient (Wildman–Crippen LogP) is 4.96. The van der Waals surface area contributed by atoms with Gasteiger partial charge in [0.1, 0.15) is 5.82 Å². The number of amides is 1. The van der Waals surface area contributed by atoms with Crippen LogP contribution < -0.4 is 5.32 Å². The molecule has 0 unspecified atom stereocenters. The molecule has 1 heterocycles. The molecule has 0 aliphatic carbocycles. The van der Waals surface area contributed by atoms with E-state index in [1.807, 2.05) is 54.6 Å². The Hall–Kier alpha value is -3.27. The SMILES string of the molecule is O=C(CCc1ccccc1F)Nc1cccc(/C=C/c2ccccn2)c1. The van der Waals surface area contributed by atoms with Gasteiger partial charge in [-0.3, -0.25) is 9.78 Å². The molecule has 0 saturated carbocycles. The van der Waals surface area contributed by atoms with E-state index in [1.54, 1.807) is 24.4 Å². The largest absolute Gasteiger partial charge is 0.326 e. The predicted molar refractivity (Wildman–Crippen MR) is 103 cm³/mol. The fraction of sp³-hybridized carbons (Fsp3) is 0.0909. The van der Waals surface area contributed by atoms with E-state index >= 15 is 0 Å². The average Bonchev–Trinajstić information content (AvgIpc) is 2.67. The zero-order chi connectivity index (χ0) is 18.2. The minimum atomic E-state index is -0.276. The van der Waals surface area contributed by atoms with E-state index < -0.39 is 0 Å². The summed E-state index contributed by atoms with van der Waals surface area (Å²) in [6, 6.07) is 19.8. The number of carbonyl (C=O) groups excluding carboxylic acids is 1.